The molecular weight excluding hydrogens is 418 g/mol. The SMILES string of the molecule is CN(C)c1ccnc(C=O)c1.CN(C)c1ccnc(CO)c1.OCc1cc(Cl)ccn1. The van der Waals surface area contributed by atoms with E-state index in [1.165, 1.54) is 0 Å². The number of hydrogen-bond donors (Lipinski definition) is 2. The van der Waals surface area contributed by atoms with E-state index >= 15 is 0 Å². The van der Waals surface area contributed by atoms with Gasteiger partial charge in [0.15, 0.2) is 6.29 Å². The lowest BCUT2D eigenvalue weighted by atomic mass is 10.3. The maximum absolute atomic E-state index is 10.3. The first-order valence-electron chi connectivity index (χ1n) is 9.33. The molecule has 0 aliphatic carbocycles. The second kappa shape index (κ2) is 14.0. The Bertz CT molecular complexity index is 938. The predicted octanol–water partition coefficient (Wildman–Crippen LogP) is 2.83. The Morgan fingerprint density at radius 1 is 0.806 bits per heavy atom. The van der Waals surface area contributed by atoms with Crippen molar-refractivity contribution in [1.29, 1.82) is 0 Å². The minimum Gasteiger partial charge on any atom is -0.390 e. The number of aliphatic hydroxyl groups is 2. The van der Waals surface area contributed by atoms with Crippen molar-refractivity contribution in [3.05, 3.63) is 77.1 Å². The smallest absolute Gasteiger partial charge is 0.168 e. The van der Waals surface area contributed by atoms with Crippen LogP contribution in [0.2, 0.25) is 5.02 Å². The summed E-state index contributed by atoms with van der Waals surface area (Å²) in [6, 6.07) is 10.7. The van der Waals surface area contributed by atoms with E-state index in [4.69, 9.17) is 21.8 Å². The average Bonchev–Trinajstić information content (AvgIpc) is 2.80. The highest BCUT2D eigenvalue weighted by atomic mass is 35.5. The third kappa shape index (κ3) is 9.99. The summed E-state index contributed by atoms with van der Waals surface area (Å²) in [5.74, 6) is 0. The summed E-state index contributed by atoms with van der Waals surface area (Å²) in [6.45, 7) is -0.0533. The Hall–Kier alpha value is -3.07. The van der Waals surface area contributed by atoms with Crippen LogP contribution in [-0.2, 0) is 13.2 Å². The van der Waals surface area contributed by atoms with Gasteiger partial charge in [0, 0.05) is 63.2 Å². The van der Waals surface area contributed by atoms with Gasteiger partial charge in [0.1, 0.15) is 5.69 Å². The topological polar surface area (TPSA) is 103 Å². The molecule has 2 N–H and O–H groups in total. The van der Waals surface area contributed by atoms with Crippen LogP contribution in [0.4, 0.5) is 11.4 Å². The van der Waals surface area contributed by atoms with Crippen molar-refractivity contribution in [2.45, 2.75) is 13.2 Å². The monoisotopic (exact) mass is 445 g/mol. The minimum absolute atomic E-state index is 0.00167. The van der Waals surface area contributed by atoms with Crippen LogP contribution in [0, 0.1) is 0 Å². The van der Waals surface area contributed by atoms with Crippen LogP contribution in [0.3, 0.4) is 0 Å². The number of pyridine rings is 3. The second-order valence-corrected chi connectivity index (χ2v) is 7.07. The molecule has 3 heterocycles. The Morgan fingerprint density at radius 3 is 1.74 bits per heavy atom. The molecule has 0 aliphatic rings. The van der Waals surface area contributed by atoms with E-state index in [0.717, 1.165) is 17.7 Å². The third-order valence-corrected chi connectivity index (χ3v) is 4.06. The molecule has 3 aromatic rings. The van der Waals surface area contributed by atoms with E-state index in [1.54, 1.807) is 36.8 Å². The first-order chi connectivity index (χ1) is 14.8. The van der Waals surface area contributed by atoms with Crippen molar-refractivity contribution in [3.8, 4) is 0 Å². The van der Waals surface area contributed by atoms with E-state index in [-0.39, 0.29) is 13.2 Å². The highest BCUT2D eigenvalue weighted by molar-refractivity contribution is 6.30. The van der Waals surface area contributed by atoms with Gasteiger partial charge in [0.25, 0.3) is 0 Å². The molecule has 8 nitrogen and oxygen atoms in total. The first-order valence-corrected chi connectivity index (χ1v) is 9.71. The van der Waals surface area contributed by atoms with Crippen molar-refractivity contribution in [2.24, 2.45) is 0 Å². The number of anilines is 2. The van der Waals surface area contributed by atoms with Gasteiger partial charge in [-0.15, -0.1) is 0 Å². The minimum atomic E-state index is -0.0550. The second-order valence-electron chi connectivity index (χ2n) is 6.63. The van der Waals surface area contributed by atoms with Crippen molar-refractivity contribution in [3.63, 3.8) is 0 Å². The van der Waals surface area contributed by atoms with Crippen LogP contribution in [0.15, 0.2) is 55.0 Å². The van der Waals surface area contributed by atoms with Crippen molar-refractivity contribution < 1.29 is 15.0 Å². The van der Waals surface area contributed by atoms with Gasteiger partial charge in [-0.05, 0) is 36.4 Å². The highest BCUT2D eigenvalue weighted by Gasteiger charge is 1.97. The van der Waals surface area contributed by atoms with Gasteiger partial charge < -0.3 is 20.0 Å². The molecule has 0 amide bonds. The molecule has 0 radical (unpaired) electrons. The standard InChI is InChI=1S/C8H12N2O.C8H10N2O.C6H6ClNO/c2*1-10(2)8-3-4-9-7(5-8)6-11;7-5-1-2-8-6(3-5)4-9/h3-5,11H,6H2,1-2H3;3-6H,1-2H3;1-3,9H,4H2. The summed E-state index contributed by atoms with van der Waals surface area (Å²) >= 11 is 5.57. The van der Waals surface area contributed by atoms with Gasteiger partial charge >= 0.3 is 0 Å². The molecule has 0 aliphatic heterocycles. The number of nitrogens with zero attached hydrogens (tertiary/aromatic N) is 5. The fourth-order valence-corrected chi connectivity index (χ4v) is 2.33. The van der Waals surface area contributed by atoms with Crippen LogP contribution in [-0.4, -0.2) is 59.6 Å². The molecule has 0 aromatic carbocycles. The van der Waals surface area contributed by atoms with E-state index < -0.39 is 0 Å². The fraction of sp³-hybridized carbons (Fsp3) is 0.273. The van der Waals surface area contributed by atoms with Gasteiger partial charge in [-0.2, -0.15) is 0 Å². The molecule has 3 aromatic heterocycles. The number of halogens is 1. The van der Waals surface area contributed by atoms with Gasteiger partial charge in [0.05, 0.1) is 24.6 Å². The number of aldehydes is 1. The molecule has 0 fully saturated rings. The summed E-state index contributed by atoms with van der Waals surface area (Å²) in [4.78, 5) is 25.8. The van der Waals surface area contributed by atoms with E-state index in [0.29, 0.717) is 22.1 Å². The summed E-state index contributed by atoms with van der Waals surface area (Å²) in [5, 5.41) is 17.9. The summed E-state index contributed by atoms with van der Waals surface area (Å²) in [5.41, 5.74) is 3.82. The molecular formula is C22H28ClN5O3. The number of aliphatic hydroxyl groups excluding tert-OH is 2. The molecule has 0 saturated heterocycles. The van der Waals surface area contributed by atoms with Gasteiger partial charge in [-0.1, -0.05) is 11.6 Å². The molecule has 0 saturated carbocycles. The van der Waals surface area contributed by atoms with Crippen LogP contribution in [0.5, 0.6) is 0 Å². The normalized spacial score (nSPS) is 9.52. The number of hydrogen-bond acceptors (Lipinski definition) is 8. The lowest BCUT2D eigenvalue weighted by Crippen LogP contribution is -2.09. The fourth-order valence-electron chi connectivity index (χ4n) is 2.14. The quantitative estimate of drug-likeness (QED) is 0.578. The van der Waals surface area contributed by atoms with Crippen LogP contribution >= 0.6 is 11.6 Å². The van der Waals surface area contributed by atoms with E-state index in [1.807, 2.05) is 56.2 Å². The zero-order valence-corrected chi connectivity index (χ0v) is 18.9. The molecule has 0 unspecified atom stereocenters. The number of carbonyl (C=O) groups excluding carboxylic acids is 1. The average molecular weight is 446 g/mol. The Balaban J connectivity index is 0.000000234. The summed E-state index contributed by atoms with van der Waals surface area (Å²) in [7, 11) is 7.75. The molecule has 3 rings (SSSR count). The molecule has 31 heavy (non-hydrogen) atoms. The lowest BCUT2D eigenvalue weighted by Gasteiger charge is -2.11. The number of aromatic nitrogens is 3. The molecule has 9 heteroatoms. The first kappa shape index (κ1) is 26.0. The zero-order chi connectivity index (χ0) is 23.2. The summed E-state index contributed by atoms with van der Waals surface area (Å²) in [6.07, 6.45) is 5.63. The zero-order valence-electron chi connectivity index (χ0n) is 18.1. The number of rotatable bonds is 5. The molecule has 166 valence electrons. The predicted molar refractivity (Wildman–Crippen MR) is 124 cm³/mol. The van der Waals surface area contributed by atoms with Crippen LogP contribution in [0.1, 0.15) is 21.9 Å². The van der Waals surface area contributed by atoms with Crippen molar-refractivity contribution in [2.75, 3.05) is 38.0 Å². The number of carbonyl (C=O) groups is 1. The summed E-state index contributed by atoms with van der Waals surface area (Å²) < 4.78 is 0. The van der Waals surface area contributed by atoms with Crippen molar-refractivity contribution in [1.82, 2.24) is 15.0 Å². The maximum Gasteiger partial charge on any atom is 0.168 e. The van der Waals surface area contributed by atoms with Gasteiger partial charge in [0.2, 0.25) is 0 Å². The maximum atomic E-state index is 10.3. The van der Waals surface area contributed by atoms with Crippen LogP contribution in [0.25, 0.3) is 0 Å². The van der Waals surface area contributed by atoms with Crippen LogP contribution < -0.4 is 9.80 Å². The third-order valence-electron chi connectivity index (χ3n) is 3.82. The lowest BCUT2D eigenvalue weighted by molar-refractivity contribution is 0.111. The Morgan fingerprint density at radius 2 is 1.29 bits per heavy atom. The van der Waals surface area contributed by atoms with E-state index in [2.05, 4.69) is 15.0 Å². The molecule has 0 bridgehead atoms. The Kier molecular flexibility index (Phi) is 11.7. The van der Waals surface area contributed by atoms with Crippen molar-refractivity contribution >= 4 is 29.3 Å². The Labute approximate surface area is 187 Å². The largest absolute Gasteiger partial charge is 0.390 e. The molecule has 0 atom stereocenters. The highest BCUT2D eigenvalue weighted by Crippen LogP contribution is 2.11. The molecule has 0 spiro atoms. The van der Waals surface area contributed by atoms with Gasteiger partial charge in [-0.3, -0.25) is 19.7 Å². The van der Waals surface area contributed by atoms with Gasteiger partial charge in [-0.25, -0.2) is 0 Å². The van der Waals surface area contributed by atoms with E-state index in [9.17, 15) is 4.79 Å².